The van der Waals surface area contributed by atoms with Gasteiger partial charge in [0, 0.05) is 35.4 Å². The van der Waals surface area contributed by atoms with Gasteiger partial charge in [-0.1, -0.05) is 22.7 Å². The Hall–Kier alpha value is -4.00. The lowest BCUT2D eigenvalue weighted by Crippen LogP contribution is -2.11. The fraction of sp³-hybridized carbons (Fsp3) is 0. The SMILES string of the molecule is O=C(Nc1nnc(SSc2nnc(NC(=O)c3ccc([N+](=O)[O-])cc3)s2)s1)c1ccc([N+](=O)[O-])cc1. The highest BCUT2D eigenvalue weighted by Gasteiger charge is 2.15. The van der Waals surface area contributed by atoms with E-state index in [1.807, 2.05) is 0 Å². The van der Waals surface area contributed by atoms with Crippen molar-refractivity contribution in [3.8, 4) is 0 Å². The molecule has 0 aliphatic heterocycles. The number of carbonyl (C=O) groups excluding carboxylic acids is 2. The van der Waals surface area contributed by atoms with Crippen LogP contribution in [-0.2, 0) is 0 Å². The number of non-ortho nitro benzene ring substituents is 2. The summed E-state index contributed by atoms with van der Waals surface area (Å²) in [7, 11) is 2.44. The van der Waals surface area contributed by atoms with Crippen molar-refractivity contribution in [3.63, 3.8) is 0 Å². The molecule has 2 N–H and O–H groups in total. The van der Waals surface area contributed by atoms with Gasteiger partial charge in [0.15, 0.2) is 8.68 Å². The van der Waals surface area contributed by atoms with Gasteiger partial charge in [0.05, 0.1) is 9.85 Å². The van der Waals surface area contributed by atoms with Crippen molar-refractivity contribution in [2.24, 2.45) is 0 Å². The number of benzene rings is 2. The number of amides is 2. The first kappa shape index (κ1) is 25.1. The van der Waals surface area contributed by atoms with Crippen molar-refractivity contribution in [2.45, 2.75) is 8.68 Å². The maximum absolute atomic E-state index is 12.3. The lowest BCUT2D eigenvalue weighted by atomic mass is 10.2. The normalized spacial score (nSPS) is 10.6. The van der Waals surface area contributed by atoms with Gasteiger partial charge in [0.2, 0.25) is 10.3 Å². The van der Waals surface area contributed by atoms with Crippen LogP contribution in [0.2, 0.25) is 0 Å². The average molecular weight is 563 g/mol. The molecule has 0 aliphatic rings. The predicted octanol–water partition coefficient (Wildman–Crippen LogP) is 4.51. The van der Waals surface area contributed by atoms with E-state index in [-0.39, 0.29) is 32.8 Å². The van der Waals surface area contributed by atoms with Crippen molar-refractivity contribution in [3.05, 3.63) is 79.9 Å². The monoisotopic (exact) mass is 562 g/mol. The minimum atomic E-state index is -0.554. The number of nitrogens with zero attached hydrogens (tertiary/aromatic N) is 6. The van der Waals surface area contributed by atoms with E-state index >= 15 is 0 Å². The molecule has 36 heavy (non-hydrogen) atoms. The summed E-state index contributed by atoms with van der Waals surface area (Å²) in [5.74, 6) is -0.967. The highest BCUT2D eigenvalue weighted by molar-refractivity contribution is 8.77. The van der Waals surface area contributed by atoms with Crippen molar-refractivity contribution in [2.75, 3.05) is 10.6 Å². The van der Waals surface area contributed by atoms with Crippen LogP contribution in [0.25, 0.3) is 0 Å². The van der Waals surface area contributed by atoms with Crippen molar-refractivity contribution in [1.29, 1.82) is 0 Å². The Bertz CT molecular complexity index is 1330. The average Bonchev–Trinajstić information content (AvgIpc) is 3.51. The minimum absolute atomic E-state index is 0.121. The van der Waals surface area contributed by atoms with Crippen molar-refractivity contribution >= 4 is 77.7 Å². The van der Waals surface area contributed by atoms with Gasteiger partial charge in [-0.2, -0.15) is 0 Å². The zero-order chi connectivity index (χ0) is 25.7. The van der Waals surface area contributed by atoms with Crippen molar-refractivity contribution < 1.29 is 19.4 Å². The molecule has 0 aliphatic carbocycles. The zero-order valence-electron chi connectivity index (χ0n) is 17.4. The van der Waals surface area contributed by atoms with Crippen LogP contribution in [0.4, 0.5) is 21.6 Å². The molecule has 2 amide bonds. The van der Waals surface area contributed by atoms with E-state index < -0.39 is 21.7 Å². The number of nitrogens with one attached hydrogen (secondary N) is 2. The second-order valence-corrected chi connectivity index (χ2v) is 11.0. The van der Waals surface area contributed by atoms with E-state index in [2.05, 4.69) is 31.0 Å². The highest BCUT2D eigenvalue weighted by Crippen LogP contribution is 2.41. The van der Waals surface area contributed by atoms with Crippen LogP contribution in [0.1, 0.15) is 20.7 Å². The highest BCUT2D eigenvalue weighted by atomic mass is 33.1. The number of rotatable bonds is 9. The third kappa shape index (κ3) is 6.36. The molecular formula is C18H10N8O6S4. The first-order valence-electron chi connectivity index (χ1n) is 9.41. The maximum atomic E-state index is 12.3. The summed E-state index contributed by atoms with van der Waals surface area (Å²) in [6.45, 7) is 0. The van der Waals surface area contributed by atoms with Gasteiger partial charge in [0.25, 0.3) is 23.2 Å². The second-order valence-electron chi connectivity index (χ2n) is 6.43. The molecule has 4 aromatic rings. The van der Waals surface area contributed by atoms with Crippen molar-refractivity contribution in [1.82, 2.24) is 20.4 Å². The zero-order valence-corrected chi connectivity index (χ0v) is 20.7. The molecule has 2 heterocycles. The Kier molecular flexibility index (Phi) is 7.78. The van der Waals surface area contributed by atoms with Crippen LogP contribution in [0.15, 0.2) is 57.2 Å². The maximum Gasteiger partial charge on any atom is 0.269 e. The topological polar surface area (TPSA) is 196 Å². The van der Waals surface area contributed by atoms with E-state index in [1.54, 1.807) is 0 Å². The molecule has 4 rings (SSSR count). The standard InChI is InChI=1S/C18H10N8O6S4/c27-13(9-1-5-11(6-2-9)25(29)30)19-15-21-23-17(33-15)35-36-18-24-22-16(34-18)20-14(28)10-3-7-12(8-4-10)26(31)32/h1-8H,(H,19,21,27)(H,20,22,28). The number of anilines is 2. The van der Waals surface area contributed by atoms with Crippen LogP contribution < -0.4 is 10.6 Å². The van der Waals surface area contributed by atoms with Crippen LogP contribution in [0.5, 0.6) is 0 Å². The quantitative estimate of drug-likeness (QED) is 0.125. The molecule has 2 aromatic carbocycles. The molecule has 0 atom stereocenters. The molecule has 0 spiro atoms. The van der Waals surface area contributed by atoms with Gasteiger partial charge in [-0.05, 0) is 45.9 Å². The number of nitro groups is 2. The largest absolute Gasteiger partial charge is 0.296 e. The molecule has 0 radical (unpaired) electrons. The molecule has 0 bridgehead atoms. The lowest BCUT2D eigenvalue weighted by molar-refractivity contribution is -0.385. The molecule has 0 unspecified atom stereocenters. The Morgan fingerprint density at radius 3 is 1.36 bits per heavy atom. The summed E-state index contributed by atoms with van der Waals surface area (Å²) >= 11 is 2.24. The Morgan fingerprint density at radius 1 is 0.667 bits per heavy atom. The second kappa shape index (κ2) is 11.2. The van der Waals surface area contributed by atoms with E-state index in [4.69, 9.17) is 0 Å². The molecule has 0 saturated heterocycles. The summed E-state index contributed by atoms with van der Waals surface area (Å²) in [5.41, 5.74) is 0.223. The number of nitro benzene ring substituents is 2. The van der Waals surface area contributed by atoms with Gasteiger partial charge >= 0.3 is 0 Å². The molecule has 0 fully saturated rings. The lowest BCUT2D eigenvalue weighted by Gasteiger charge is -2.00. The van der Waals surface area contributed by atoms with Gasteiger partial charge < -0.3 is 0 Å². The summed E-state index contributed by atoms with van der Waals surface area (Å²) < 4.78 is 1.04. The Morgan fingerprint density at radius 2 is 1.03 bits per heavy atom. The molecule has 2 aromatic heterocycles. The van der Waals surface area contributed by atoms with Crippen LogP contribution in [0.3, 0.4) is 0 Å². The first-order valence-corrected chi connectivity index (χ1v) is 13.2. The van der Waals surface area contributed by atoms with Gasteiger partial charge in [0.1, 0.15) is 0 Å². The van der Waals surface area contributed by atoms with Gasteiger partial charge in [-0.3, -0.25) is 40.5 Å². The molecule has 18 heteroatoms. The van der Waals surface area contributed by atoms with Gasteiger partial charge in [-0.25, -0.2) is 0 Å². The van der Waals surface area contributed by atoms with Crippen LogP contribution >= 0.6 is 44.3 Å². The summed E-state index contributed by atoms with van der Waals surface area (Å²) in [6, 6.07) is 10.3. The third-order valence-electron chi connectivity index (χ3n) is 4.12. The molecule has 182 valence electrons. The predicted molar refractivity (Wildman–Crippen MR) is 134 cm³/mol. The number of hydrogen-bond donors (Lipinski definition) is 2. The fourth-order valence-corrected chi connectivity index (χ4v) is 6.30. The summed E-state index contributed by atoms with van der Waals surface area (Å²) in [6.07, 6.45) is 0. The van der Waals surface area contributed by atoms with E-state index in [0.29, 0.717) is 8.68 Å². The van der Waals surface area contributed by atoms with E-state index in [1.165, 1.54) is 70.1 Å². The Balaban J connectivity index is 1.28. The third-order valence-corrected chi connectivity index (χ3v) is 8.75. The van der Waals surface area contributed by atoms with E-state index in [0.717, 1.165) is 22.7 Å². The molecular weight excluding hydrogens is 553 g/mol. The van der Waals surface area contributed by atoms with Crippen LogP contribution in [-0.4, -0.2) is 42.1 Å². The number of carbonyl (C=O) groups is 2. The van der Waals surface area contributed by atoms with Gasteiger partial charge in [-0.15, -0.1) is 20.4 Å². The molecule has 14 nitrogen and oxygen atoms in total. The Labute approximate surface area is 216 Å². The fourth-order valence-electron chi connectivity index (χ4n) is 2.47. The summed E-state index contributed by atoms with van der Waals surface area (Å²) in [5, 5.41) is 42.8. The van der Waals surface area contributed by atoms with Crippen LogP contribution in [0, 0.1) is 20.2 Å². The smallest absolute Gasteiger partial charge is 0.269 e. The number of aromatic nitrogens is 4. The van der Waals surface area contributed by atoms with E-state index in [9.17, 15) is 29.8 Å². The summed E-state index contributed by atoms with van der Waals surface area (Å²) in [4.78, 5) is 44.9. The number of hydrogen-bond acceptors (Lipinski definition) is 14. The molecule has 0 saturated carbocycles. The first-order chi connectivity index (χ1) is 17.3. The minimum Gasteiger partial charge on any atom is -0.296 e.